The Kier molecular flexibility index (Phi) is 5.03. The Bertz CT molecular complexity index is 662. The molecule has 0 radical (unpaired) electrons. The lowest BCUT2D eigenvalue weighted by atomic mass is 9.79. The zero-order valence-electron chi connectivity index (χ0n) is 15.2. The van der Waals surface area contributed by atoms with Crippen LogP contribution in [0, 0.1) is 6.92 Å². The fourth-order valence-electron chi connectivity index (χ4n) is 3.42. The minimum atomic E-state index is -0.210. The quantitative estimate of drug-likeness (QED) is 0.803. The number of carbonyl (C=O) groups excluding carboxylic acids is 2. The van der Waals surface area contributed by atoms with Crippen LogP contribution in [0.5, 0.6) is 0 Å². The molecule has 7 heteroatoms. The van der Waals surface area contributed by atoms with Crippen LogP contribution in [-0.2, 0) is 14.9 Å². The molecule has 0 spiro atoms. The van der Waals surface area contributed by atoms with Crippen LogP contribution in [0.1, 0.15) is 48.7 Å². The minimum absolute atomic E-state index is 0.0557. The van der Waals surface area contributed by atoms with Crippen LogP contribution in [-0.4, -0.2) is 71.0 Å². The summed E-state index contributed by atoms with van der Waals surface area (Å²) in [7, 11) is 0. The smallest absolute Gasteiger partial charge is 0.272 e. The van der Waals surface area contributed by atoms with Crippen LogP contribution in [0.2, 0.25) is 0 Å². The van der Waals surface area contributed by atoms with Crippen molar-refractivity contribution in [2.45, 2.75) is 39.0 Å². The molecule has 0 saturated carbocycles. The number of carbonyl (C=O) groups is 2. The number of aryl methyl sites for hydroxylation is 1. The maximum absolute atomic E-state index is 12.8. The van der Waals surface area contributed by atoms with Crippen LogP contribution >= 0.6 is 0 Å². The predicted octanol–water partition coefficient (Wildman–Crippen LogP) is 1.16. The second-order valence-electron chi connectivity index (χ2n) is 7.19. The van der Waals surface area contributed by atoms with Crippen LogP contribution < -0.4 is 0 Å². The van der Waals surface area contributed by atoms with Crippen molar-refractivity contribution >= 4 is 11.8 Å². The van der Waals surface area contributed by atoms with Crippen molar-refractivity contribution in [1.82, 2.24) is 19.8 Å². The van der Waals surface area contributed by atoms with Gasteiger partial charge in [0.1, 0.15) is 11.5 Å². The zero-order chi connectivity index (χ0) is 18.0. The van der Waals surface area contributed by atoms with E-state index in [-0.39, 0.29) is 17.2 Å². The van der Waals surface area contributed by atoms with Gasteiger partial charge >= 0.3 is 0 Å². The van der Waals surface area contributed by atoms with Gasteiger partial charge in [-0.15, -0.1) is 0 Å². The average Bonchev–Trinajstić information content (AvgIpc) is 2.61. The van der Waals surface area contributed by atoms with Gasteiger partial charge in [-0.25, -0.2) is 9.97 Å². The van der Waals surface area contributed by atoms with Gasteiger partial charge in [0.15, 0.2) is 0 Å². The molecule has 1 aromatic heterocycles. The van der Waals surface area contributed by atoms with Crippen molar-refractivity contribution in [2.75, 3.05) is 39.4 Å². The lowest BCUT2D eigenvalue weighted by Crippen LogP contribution is -2.44. The van der Waals surface area contributed by atoms with Crippen LogP contribution in [0.3, 0.4) is 0 Å². The van der Waals surface area contributed by atoms with Gasteiger partial charge in [0.05, 0.1) is 13.2 Å². The van der Waals surface area contributed by atoms with E-state index in [2.05, 4.69) is 16.9 Å². The third-order valence-corrected chi connectivity index (χ3v) is 5.22. The Morgan fingerprint density at radius 1 is 1.08 bits per heavy atom. The highest BCUT2D eigenvalue weighted by Gasteiger charge is 2.36. The summed E-state index contributed by atoms with van der Waals surface area (Å²) in [6.45, 7) is 9.38. The predicted molar refractivity (Wildman–Crippen MR) is 92.3 cm³/mol. The Morgan fingerprint density at radius 3 is 2.32 bits per heavy atom. The number of amides is 2. The van der Waals surface area contributed by atoms with Gasteiger partial charge in [0.25, 0.3) is 5.91 Å². The summed E-state index contributed by atoms with van der Waals surface area (Å²) >= 11 is 0. The molecule has 0 N–H and O–H groups in total. The lowest BCUT2D eigenvalue weighted by molar-refractivity contribution is -0.130. The monoisotopic (exact) mass is 346 g/mol. The molecule has 3 rings (SSSR count). The molecule has 2 fully saturated rings. The molecule has 0 aliphatic carbocycles. The molecule has 2 saturated heterocycles. The number of hydrogen-bond acceptors (Lipinski definition) is 5. The molecule has 2 aliphatic heterocycles. The first-order valence-corrected chi connectivity index (χ1v) is 8.88. The van der Waals surface area contributed by atoms with Gasteiger partial charge in [-0.05, 0) is 25.8 Å². The van der Waals surface area contributed by atoms with Crippen molar-refractivity contribution in [3.05, 3.63) is 23.3 Å². The number of ether oxygens (including phenoxy) is 1. The number of nitrogens with zero attached hydrogens (tertiary/aromatic N) is 4. The van der Waals surface area contributed by atoms with Crippen molar-refractivity contribution < 1.29 is 14.3 Å². The summed E-state index contributed by atoms with van der Waals surface area (Å²) < 4.78 is 5.31. The fraction of sp³-hybridized carbons (Fsp3) is 0.667. The molecule has 2 aliphatic rings. The van der Waals surface area contributed by atoms with Gasteiger partial charge < -0.3 is 14.5 Å². The van der Waals surface area contributed by atoms with Gasteiger partial charge in [-0.2, -0.15) is 0 Å². The van der Waals surface area contributed by atoms with Crippen molar-refractivity contribution in [1.29, 1.82) is 0 Å². The Balaban J connectivity index is 1.81. The van der Waals surface area contributed by atoms with E-state index in [9.17, 15) is 9.59 Å². The summed E-state index contributed by atoms with van der Waals surface area (Å²) in [4.78, 5) is 37.2. The Labute approximate surface area is 148 Å². The van der Waals surface area contributed by atoms with Gasteiger partial charge in [0, 0.05) is 44.2 Å². The molecular weight excluding hydrogens is 320 g/mol. The van der Waals surface area contributed by atoms with E-state index < -0.39 is 0 Å². The first-order valence-electron chi connectivity index (χ1n) is 8.88. The molecular formula is C18H26N4O3. The molecule has 25 heavy (non-hydrogen) atoms. The summed E-state index contributed by atoms with van der Waals surface area (Å²) in [5, 5.41) is 0. The largest absolute Gasteiger partial charge is 0.378 e. The molecule has 0 atom stereocenters. The lowest BCUT2D eigenvalue weighted by Gasteiger charge is -2.38. The van der Waals surface area contributed by atoms with Crippen molar-refractivity contribution in [2.24, 2.45) is 0 Å². The molecule has 0 bridgehead atoms. The van der Waals surface area contributed by atoms with Gasteiger partial charge in [-0.1, -0.05) is 6.92 Å². The number of hydrogen-bond donors (Lipinski definition) is 0. The normalized spacial score (nSPS) is 20.4. The topological polar surface area (TPSA) is 75.6 Å². The second-order valence-corrected chi connectivity index (χ2v) is 7.19. The Hall–Kier alpha value is -2.02. The van der Waals surface area contributed by atoms with E-state index in [0.29, 0.717) is 50.9 Å². The fourth-order valence-corrected chi connectivity index (χ4v) is 3.42. The number of likely N-dealkylation sites (tertiary alicyclic amines) is 1. The van der Waals surface area contributed by atoms with E-state index >= 15 is 0 Å². The summed E-state index contributed by atoms with van der Waals surface area (Å²) in [6, 6.07) is 1.76. The van der Waals surface area contributed by atoms with Gasteiger partial charge in [-0.3, -0.25) is 9.59 Å². The molecule has 0 aromatic carbocycles. The van der Waals surface area contributed by atoms with E-state index in [0.717, 1.165) is 18.5 Å². The third-order valence-electron chi connectivity index (χ3n) is 5.22. The number of rotatable bonds is 2. The number of piperidine rings is 1. The summed E-state index contributed by atoms with van der Waals surface area (Å²) in [5.41, 5.74) is 1.05. The molecule has 136 valence electrons. The maximum Gasteiger partial charge on any atom is 0.272 e. The van der Waals surface area contributed by atoms with Crippen LogP contribution in [0.15, 0.2) is 6.07 Å². The number of morpholine rings is 1. The first-order chi connectivity index (χ1) is 11.9. The third kappa shape index (κ3) is 3.81. The minimum Gasteiger partial charge on any atom is -0.378 e. The van der Waals surface area contributed by atoms with Gasteiger partial charge in [0.2, 0.25) is 5.91 Å². The first kappa shape index (κ1) is 17.8. The highest BCUT2D eigenvalue weighted by Crippen LogP contribution is 2.33. The van der Waals surface area contributed by atoms with Crippen LogP contribution in [0.4, 0.5) is 0 Å². The second kappa shape index (κ2) is 7.07. The number of aromatic nitrogens is 2. The molecule has 1 aromatic rings. The van der Waals surface area contributed by atoms with E-state index in [4.69, 9.17) is 4.74 Å². The van der Waals surface area contributed by atoms with Crippen molar-refractivity contribution in [3.8, 4) is 0 Å². The standard InChI is InChI=1S/C18H26N4O3/c1-13-12-15(16(24)22-8-10-25-11-9-22)20-17(19-13)18(3)4-6-21(7-5-18)14(2)23/h12H,4-11H2,1-3H3. The highest BCUT2D eigenvalue weighted by atomic mass is 16.5. The van der Waals surface area contributed by atoms with E-state index in [1.165, 1.54) is 0 Å². The molecule has 2 amide bonds. The molecule has 3 heterocycles. The zero-order valence-corrected chi connectivity index (χ0v) is 15.2. The van der Waals surface area contributed by atoms with Crippen molar-refractivity contribution in [3.63, 3.8) is 0 Å². The SMILES string of the molecule is CC(=O)N1CCC(C)(c2nc(C)cc(C(=O)N3CCOCC3)n2)CC1. The van der Waals surface area contributed by atoms with Crippen LogP contribution in [0.25, 0.3) is 0 Å². The summed E-state index contributed by atoms with van der Waals surface area (Å²) in [5.74, 6) is 0.766. The maximum atomic E-state index is 12.8. The summed E-state index contributed by atoms with van der Waals surface area (Å²) in [6.07, 6.45) is 1.61. The van der Waals surface area contributed by atoms with E-state index in [1.807, 2.05) is 11.8 Å². The van der Waals surface area contributed by atoms with E-state index in [1.54, 1.807) is 17.9 Å². The highest BCUT2D eigenvalue weighted by molar-refractivity contribution is 5.92. The Morgan fingerprint density at radius 2 is 1.72 bits per heavy atom. The molecule has 0 unspecified atom stereocenters. The average molecular weight is 346 g/mol. The molecule has 7 nitrogen and oxygen atoms in total.